The Morgan fingerprint density at radius 2 is 1.72 bits per heavy atom. The number of aliphatic imine (C=N–C) groups is 1. The highest BCUT2D eigenvalue weighted by atomic mass is 16.5. The molecule has 0 aromatic heterocycles. The van der Waals surface area contributed by atoms with Gasteiger partial charge in [0.25, 0.3) is 0 Å². The van der Waals surface area contributed by atoms with Gasteiger partial charge >= 0.3 is 0 Å². The molecule has 0 saturated heterocycles. The highest BCUT2D eigenvalue weighted by molar-refractivity contribution is 5.94. The van der Waals surface area contributed by atoms with Crippen molar-refractivity contribution < 1.29 is 14.3 Å². The van der Waals surface area contributed by atoms with Gasteiger partial charge in [0, 0.05) is 37.0 Å². The molecule has 0 spiro atoms. The van der Waals surface area contributed by atoms with Crippen LogP contribution in [0.1, 0.15) is 26.3 Å². The number of rotatable bonds is 8. The molecule has 2 aromatic carbocycles. The van der Waals surface area contributed by atoms with Gasteiger partial charge in [-0.05, 0) is 36.8 Å². The zero-order valence-electron chi connectivity index (χ0n) is 17.7. The summed E-state index contributed by atoms with van der Waals surface area (Å²) in [5.74, 6) is 1.95. The van der Waals surface area contributed by atoms with Gasteiger partial charge in [-0.2, -0.15) is 0 Å². The summed E-state index contributed by atoms with van der Waals surface area (Å²) in [5, 5.41) is 9.39. The molecule has 3 N–H and O–H groups in total. The third kappa shape index (κ3) is 6.71. The molecule has 1 amide bonds. The molecule has 7 nitrogen and oxygen atoms in total. The Kier molecular flexibility index (Phi) is 8.33. The summed E-state index contributed by atoms with van der Waals surface area (Å²) in [4.78, 5) is 16.0. The van der Waals surface area contributed by atoms with Crippen molar-refractivity contribution in [1.29, 1.82) is 0 Å². The van der Waals surface area contributed by atoms with E-state index in [1.54, 1.807) is 14.2 Å². The van der Waals surface area contributed by atoms with E-state index in [-0.39, 0.29) is 11.8 Å². The van der Waals surface area contributed by atoms with Crippen molar-refractivity contribution in [3.05, 3.63) is 48.0 Å². The minimum atomic E-state index is -0.0491. The van der Waals surface area contributed by atoms with E-state index in [9.17, 15) is 4.79 Å². The molecule has 0 aliphatic heterocycles. The molecule has 29 heavy (non-hydrogen) atoms. The van der Waals surface area contributed by atoms with Gasteiger partial charge in [0.1, 0.15) is 0 Å². The van der Waals surface area contributed by atoms with Gasteiger partial charge in [-0.3, -0.25) is 9.79 Å². The van der Waals surface area contributed by atoms with Crippen molar-refractivity contribution in [3.63, 3.8) is 0 Å². The quantitative estimate of drug-likeness (QED) is 0.464. The predicted octanol–water partition coefficient (Wildman–Crippen LogP) is 3.88. The number of anilines is 2. The number of amides is 1. The average Bonchev–Trinajstić information content (AvgIpc) is 2.73. The Bertz CT molecular complexity index is 832. The maximum atomic E-state index is 11.8. The number of carbonyl (C=O) groups is 1. The molecule has 2 rings (SSSR count). The van der Waals surface area contributed by atoms with Gasteiger partial charge in [0.05, 0.1) is 13.7 Å². The van der Waals surface area contributed by atoms with Crippen molar-refractivity contribution in [2.45, 2.75) is 27.3 Å². The van der Waals surface area contributed by atoms with Gasteiger partial charge in [-0.15, -0.1) is 0 Å². The minimum absolute atomic E-state index is 0.00580. The first-order valence-corrected chi connectivity index (χ1v) is 9.65. The van der Waals surface area contributed by atoms with E-state index < -0.39 is 0 Å². The third-order valence-corrected chi connectivity index (χ3v) is 4.16. The minimum Gasteiger partial charge on any atom is -0.493 e. The highest BCUT2D eigenvalue weighted by Crippen LogP contribution is 2.30. The van der Waals surface area contributed by atoms with E-state index in [1.807, 2.05) is 63.2 Å². The number of methoxy groups -OCH3 is 1. The molecule has 0 radical (unpaired) electrons. The topological polar surface area (TPSA) is 84.0 Å². The van der Waals surface area contributed by atoms with Crippen molar-refractivity contribution in [1.82, 2.24) is 5.32 Å². The van der Waals surface area contributed by atoms with E-state index in [2.05, 4.69) is 20.9 Å². The summed E-state index contributed by atoms with van der Waals surface area (Å²) in [5.41, 5.74) is 2.70. The maximum Gasteiger partial charge on any atom is 0.226 e. The molecular weight excluding hydrogens is 368 g/mol. The number of benzene rings is 2. The average molecular weight is 399 g/mol. The SMILES string of the molecule is CCOc1ccc(NC(=NC)NCc2ccc(NC(=O)C(C)C)cc2)cc1OC. The van der Waals surface area contributed by atoms with Crippen LogP contribution in [0.5, 0.6) is 11.5 Å². The number of carbonyl (C=O) groups excluding carboxylic acids is 1. The summed E-state index contributed by atoms with van der Waals surface area (Å²) in [6.45, 7) is 6.83. The lowest BCUT2D eigenvalue weighted by Crippen LogP contribution is -2.30. The molecule has 0 fully saturated rings. The van der Waals surface area contributed by atoms with Gasteiger partial charge < -0.3 is 25.4 Å². The second-order valence-corrected chi connectivity index (χ2v) is 6.69. The van der Waals surface area contributed by atoms with E-state index in [0.29, 0.717) is 30.6 Å². The van der Waals surface area contributed by atoms with Gasteiger partial charge in [-0.1, -0.05) is 26.0 Å². The third-order valence-electron chi connectivity index (χ3n) is 4.16. The van der Waals surface area contributed by atoms with Crippen molar-refractivity contribution in [2.24, 2.45) is 10.9 Å². The van der Waals surface area contributed by atoms with Crippen molar-refractivity contribution >= 4 is 23.2 Å². The van der Waals surface area contributed by atoms with E-state index >= 15 is 0 Å². The van der Waals surface area contributed by atoms with Gasteiger partial charge in [-0.25, -0.2) is 0 Å². The number of ether oxygens (including phenoxy) is 2. The first-order chi connectivity index (χ1) is 14.0. The molecule has 0 aliphatic carbocycles. The predicted molar refractivity (Wildman–Crippen MR) is 118 cm³/mol. The number of hydrogen-bond donors (Lipinski definition) is 3. The van der Waals surface area contributed by atoms with Crippen molar-refractivity contribution in [2.75, 3.05) is 31.4 Å². The molecule has 0 saturated carbocycles. The summed E-state index contributed by atoms with van der Waals surface area (Å²) in [7, 11) is 3.33. The molecule has 0 unspecified atom stereocenters. The summed E-state index contributed by atoms with van der Waals surface area (Å²) >= 11 is 0. The number of nitrogens with one attached hydrogen (secondary N) is 3. The highest BCUT2D eigenvalue weighted by Gasteiger charge is 2.08. The van der Waals surface area contributed by atoms with E-state index in [4.69, 9.17) is 9.47 Å². The van der Waals surface area contributed by atoms with Crippen LogP contribution in [-0.2, 0) is 11.3 Å². The van der Waals surface area contributed by atoms with Crippen LogP contribution in [0.15, 0.2) is 47.5 Å². The lowest BCUT2D eigenvalue weighted by molar-refractivity contribution is -0.118. The van der Waals surface area contributed by atoms with E-state index in [0.717, 1.165) is 16.9 Å². The van der Waals surface area contributed by atoms with Crippen LogP contribution >= 0.6 is 0 Å². The molecule has 0 atom stereocenters. The van der Waals surface area contributed by atoms with Gasteiger partial charge in [0.15, 0.2) is 17.5 Å². The number of nitrogens with zero attached hydrogens (tertiary/aromatic N) is 1. The monoisotopic (exact) mass is 398 g/mol. The van der Waals surface area contributed by atoms with Crippen LogP contribution in [0.4, 0.5) is 11.4 Å². The zero-order valence-corrected chi connectivity index (χ0v) is 17.7. The second kappa shape index (κ2) is 10.9. The van der Waals surface area contributed by atoms with Crippen LogP contribution in [-0.4, -0.2) is 32.6 Å². The second-order valence-electron chi connectivity index (χ2n) is 6.69. The number of guanidine groups is 1. The van der Waals surface area contributed by atoms with Crippen LogP contribution < -0.4 is 25.4 Å². The van der Waals surface area contributed by atoms with Crippen LogP contribution in [0.3, 0.4) is 0 Å². The van der Waals surface area contributed by atoms with Crippen molar-refractivity contribution in [3.8, 4) is 11.5 Å². The Labute approximate surface area is 172 Å². The summed E-state index contributed by atoms with van der Waals surface area (Å²) in [6, 6.07) is 13.4. The molecule has 156 valence electrons. The largest absolute Gasteiger partial charge is 0.493 e. The Hall–Kier alpha value is -3.22. The lowest BCUT2D eigenvalue weighted by atomic mass is 10.1. The maximum absolute atomic E-state index is 11.8. The lowest BCUT2D eigenvalue weighted by Gasteiger charge is -2.15. The Balaban J connectivity index is 1.94. The van der Waals surface area contributed by atoms with Gasteiger partial charge in [0.2, 0.25) is 5.91 Å². The Morgan fingerprint density at radius 3 is 2.31 bits per heavy atom. The molecular formula is C22H30N4O3. The zero-order chi connectivity index (χ0) is 21.2. The van der Waals surface area contributed by atoms with Crippen LogP contribution in [0.2, 0.25) is 0 Å². The fourth-order valence-electron chi connectivity index (χ4n) is 2.51. The fourth-order valence-corrected chi connectivity index (χ4v) is 2.51. The molecule has 0 aliphatic rings. The summed E-state index contributed by atoms with van der Waals surface area (Å²) < 4.78 is 10.9. The molecule has 0 heterocycles. The number of hydrogen-bond acceptors (Lipinski definition) is 4. The molecule has 0 bridgehead atoms. The summed E-state index contributed by atoms with van der Waals surface area (Å²) in [6.07, 6.45) is 0. The first kappa shape index (κ1) is 22.1. The Morgan fingerprint density at radius 1 is 1.03 bits per heavy atom. The molecule has 7 heteroatoms. The smallest absolute Gasteiger partial charge is 0.226 e. The standard InChI is InChI=1S/C22H30N4O3/c1-6-29-19-12-11-18(13-20(19)28-5)26-22(23-4)24-14-16-7-9-17(10-8-16)25-21(27)15(2)3/h7-13,15H,6,14H2,1-5H3,(H,25,27)(H2,23,24,26). The molecule has 2 aromatic rings. The van der Waals surface area contributed by atoms with Crippen LogP contribution in [0, 0.1) is 5.92 Å². The van der Waals surface area contributed by atoms with E-state index in [1.165, 1.54) is 0 Å². The fraction of sp³-hybridized carbons (Fsp3) is 0.364. The normalized spacial score (nSPS) is 11.2. The van der Waals surface area contributed by atoms with Crippen LogP contribution in [0.25, 0.3) is 0 Å². The first-order valence-electron chi connectivity index (χ1n) is 9.65.